The fraction of sp³-hybridized carbons (Fsp3) is 0.250. The summed E-state index contributed by atoms with van der Waals surface area (Å²) in [5, 5.41) is 4.46. The monoisotopic (exact) mass is 330 g/mol. The van der Waals surface area contributed by atoms with E-state index in [2.05, 4.69) is 10.1 Å². The van der Waals surface area contributed by atoms with Gasteiger partial charge in [-0.15, -0.1) is 0 Å². The quantitative estimate of drug-likeness (QED) is 0.518. The number of aryl methyl sites for hydroxylation is 1. The van der Waals surface area contributed by atoms with Crippen LogP contribution in [0.25, 0.3) is 11.0 Å². The Balaban J connectivity index is 1.74. The van der Waals surface area contributed by atoms with Crippen molar-refractivity contribution in [2.24, 2.45) is 0 Å². The minimum Gasteiger partial charge on any atom is -0.485 e. The highest BCUT2D eigenvalue weighted by Crippen LogP contribution is 2.22. The van der Waals surface area contributed by atoms with Gasteiger partial charge in [-0.05, 0) is 31.5 Å². The Labute approximate surface area is 136 Å². The molecule has 0 unspecified atom stereocenters. The van der Waals surface area contributed by atoms with Gasteiger partial charge in [-0.3, -0.25) is 0 Å². The molecule has 0 atom stereocenters. The van der Waals surface area contributed by atoms with Gasteiger partial charge in [0, 0.05) is 17.5 Å². The third kappa shape index (κ3) is 3.27. The molecule has 2 heterocycles. The van der Waals surface area contributed by atoms with Crippen LogP contribution in [0.1, 0.15) is 29.0 Å². The Morgan fingerprint density at radius 2 is 2.12 bits per heavy atom. The predicted molar refractivity (Wildman–Crippen MR) is 81.8 cm³/mol. The lowest BCUT2D eigenvalue weighted by atomic mass is 10.1. The molecule has 0 saturated heterocycles. The third-order valence-corrected chi connectivity index (χ3v) is 3.21. The summed E-state index contributed by atoms with van der Waals surface area (Å²) in [5.41, 5.74) is 0.831. The van der Waals surface area contributed by atoms with E-state index >= 15 is 0 Å². The van der Waals surface area contributed by atoms with Crippen LogP contribution in [0.15, 0.2) is 38.0 Å². The Morgan fingerprint density at radius 3 is 2.92 bits per heavy atom. The second kappa shape index (κ2) is 6.53. The molecular formula is C16H14N2O6. The van der Waals surface area contributed by atoms with Crippen LogP contribution in [0.5, 0.6) is 5.75 Å². The maximum atomic E-state index is 11.4. The van der Waals surface area contributed by atoms with Crippen LogP contribution in [0.3, 0.4) is 0 Å². The molecule has 0 amide bonds. The second-order valence-corrected chi connectivity index (χ2v) is 4.93. The number of carbonyl (C=O) groups excluding carboxylic acids is 1. The summed E-state index contributed by atoms with van der Waals surface area (Å²) in [6.45, 7) is 3.72. The van der Waals surface area contributed by atoms with Crippen molar-refractivity contribution in [3.8, 4) is 5.75 Å². The smallest absolute Gasteiger partial charge is 0.397 e. The molecule has 2 aromatic heterocycles. The van der Waals surface area contributed by atoms with E-state index in [1.807, 2.05) is 6.92 Å². The second-order valence-electron chi connectivity index (χ2n) is 4.93. The number of esters is 1. The molecule has 8 nitrogen and oxygen atoms in total. The van der Waals surface area contributed by atoms with E-state index in [1.165, 1.54) is 6.07 Å². The molecule has 0 radical (unpaired) electrons. The Hall–Kier alpha value is -3.16. The lowest BCUT2D eigenvalue weighted by molar-refractivity contribution is 0.0470. The molecule has 3 rings (SSSR count). The van der Waals surface area contributed by atoms with Crippen LogP contribution in [0.2, 0.25) is 0 Å². The standard InChI is InChI=1S/C16H14N2O6/c1-3-21-16(20)15-17-13(18-24-15)8-22-10-4-5-11-9(2)6-14(19)23-12(11)7-10/h4-7H,3,8H2,1-2H3. The third-order valence-electron chi connectivity index (χ3n) is 3.21. The first-order chi connectivity index (χ1) is 11.6. The molecule has 8 heteroatoms. The summed E-state index contributed by atoms with van der Waals surface area (Å²) in [6.07, 6.45) is 0. The highest BCUT2D eigenvalue weighted by molar-refractivity contribution is 5.84. The topological polar surface area (TPSA) is 105 Å². The van der Waals surface area contributed by atoms with Gasteiger partial charge in [0.25, 0.3) is 0 Å². The van der Waals surface area contributed by atoms with E-state index in [-0.39, 0.29) is 24.9 Å². The van der Waals surface area contributed by atoms with Crippen LogP contribution < -0.4 is 10.4 Å². The lowest BCUT2D eigenvalue weighted by Gasteiger charge is -2.05. The highest BCUT2D eigenvalue weighted by Gasteiger charge is 2.16. The van der Waals surface area contributed by atoms with E-state index < -0.39 is 11.6 Å². The van der Waals surface area contributed by atoms with Gasteiger partial charge in [-0.25, -0.2) is 9.59 Å². The summed E-state index contributed by atoms with van der Waals surface area (Å²) in [6, 6.07) is 6.57. The predicted octanol–water partition coefficient (Wildman–Crippen LogP) is 2.24. The van der Waals surface area contributed by atoms with Gasteiger partial charge >= 0.3 is 17.5 Å². The molecule has 3 aromatic rings. The van der Waals surface area contributed by atoms with E-state index in [1.54, 1.807) is 25.1 Å². The highest BCUT2D eigenvalue weighted by atomic mass is 16.6. The number of benzene rings is 1. The number of ether oxygens (including phenoxy) is 2. The van der Waals surface area contributed by atoms with Crippen molar-refractivity contribution in [3.05, 3.63) is 52.0 Å². The van der Waals surface area contributed by atoms with Gasteiger partial charge in [0.1, 0.15) is 11.3 Å². The summed E-state index contributed by atoms with van der Waals surface area (Å²) in [5.74, 6) is -0.239. The van der Waals surface area contributed by atoms with Crippen LogP contribution in [-0.4, -0.2) is 22.7 Å². The van der Waals surface area contributed by atoms with Crippen LogP contribution in [0, 0.1) is 6.92 Å². The van der Waals surface area contributed by atoms with Gasteiger partial charge in [0.2, 0.25) is 5.82 Å². The van der Waals surface area contributed by atoms with E-state index in [9.17, 15) is 9.59 Å². The lowest BCUT2D eigenvalue weighted by Crippen LogP contribution is -2.05. The molecular weight excluding hydrogens is 316 g/mol. The van der Waals surface area contributed by atoms with Crippen LogP contribution >= 0.6 is 0 Å². The van der Waals surface area contributed by atoms with Gasteiger partial charge in [-0.1, -0.05) is 5.16 Å². The van der Waals surface area contributed by atoms with Crippen LogP contribution in [-0.2, 0) is 11.3 Å². The van der Waals surface area contributed by atoms with Gasteiger partial charge in [0.05, 0.1) is 6.61 Å². The Morgan fingerprint density at radius 1 is 1.29 bits per heavy atom. The van der Waals surface area contributed by atoms with Crippen molar-refractivity contribution in [2.75, 3.05) is 6.61 Å². The Kier molecular flexibility index (Phi) is 4.28. The van der Waals surface area contributed by atoms with Crippen molar-refractivity contribution in [2.45, 2.75) is 20.5 Å². The molecule has 0 spiro atoms. The summed E-state index contributed by atoms with van der Waals surface area (Å²) in [4.78, 5) is 26.8. The van der Waals surface area contributed by atoms with Gasteiger partial charge < -0.3 is 18.4 Å². The first-order valence-corrected chi connectivity index (χ1v) is 7.24. The maximum absolute atomic E-state index is 11.4. The minimum absolute atomic E-state index is 0.00946. The van der Waals surface area contributed by atoms with Crippen LogP contribution in [0.4, 0.5) is 0 Å². The summed E-state index contributed by atoms with van der Waals surface area (Å²) >= 11 is 0. The molecule has 0 N–H and O–H groups in total. The summed E-state index contributed by atoms with van der Waals surface area (Å²) in [7, 11) is 0. The average molecular weight is 330 g/mol. The fourth-order valence-corrected chi connectivity index (χ4v) is 2.13. The van der Waals surface area contributed by atoms with E-state index in [0.717, 1.165) is 10.9 Å². The largest absolute Gasteiger partial charge is 0.485 e. The molecule has 0 saturated carbocycles. The average Bonchev–Trinajstić information content (AvgIpc) is 3.01. The molecule has 0 aliphatic carbocycles. The SMILES string of the molecule is CCOC(=O)c1nc(COc2ccc3c(C)cc(=O)oc3c2)no1. The van der Waals surface area contributed by atoms with Crippen molar-refractivity contribution in [1.29, 1.82) is 0 Å². The number of rotatable bonds is 5. The number of aromatic nitrogens is 2. The molecule has 0 fully saturated rings. The number of nitrogens with zero attached hydrogens (tertiary/aromatic N) is 2. The van der Waals surface area contributed by atoms with Crippen molar-refractivity contribution >= 4 is 16.9 Å². The number of hydrogen-bond donors (Lipinski definition) is 0. The zero-order chi connectivity index (χ0) is 17.1. The number of fused-ring (bicyclic) bond motifs is 1. The molecule has 0 aliphatic heterocycles. The molecule has 24 heavy (non-hydrogen) atoms. The fourth-order valence-electron chi connectivity index (χ4n) is 2.13. The normalized spacial score (nSPS) is 10.8. The zero-order valence-electron chi connectivity index (χ0n) is 13.1. The molecule has 1 aromatic carbocycles. The van der Waals surface area contributed by atoms with Crippen molar-refractivity contribution in [3.63, 3.8) is 0 Å². The zero-order valence-corrected chi connectivity index (χ0v) is 13.1. The number of carbonyl (C=O) groups is 1. The molecule has 0 aliphatic rings. The first-order valence-electron chi connectivity index (χ1n) is 7.24. The molecule has 124 valence electrons. The first kappa shape index (κ1) is 15.7. The number of hydrogen-bond acceptors (Lipinski definition) is 8. The minimum atomic E-state index is -0.681. The van der Waals surface area contributed by atoms with E-state index in [4.69, 9.17) is 18.4 Å². The van der Waals surface area contributed by atoms with Crippen molar-refractivity contribution < 1.29 is 23.2 Å². The Bertz CT molecular complexity index is 943. The maximum Gasteiger partial charge on any atom is 0.397 e. The van der Waals surface area contributed by atoms with Gasteiger partial charge in [0.15, 0.2) is 6.61 Å². The molecule has 0 bridgehead atoms. The van der Waals surface area contributed by atoms with Gasteiger partial charge in [-0.2, -0.15) is 4.98 Å². The summed E-state index contributed by atoms with van der Waals surface area (Å²) < 4.78 is 20.2. The van der Waals surface area contributed by atoms with Crippen molar-refractivity contribution in [1.82, 2.24) is 10.1 Å². The van der Waals surface area contributed by atoms with E-state index in [0.29, 0.717) is 11.3 Å².